The number of halogens is 1. The van der Waals surface area contributed by atoms with Gasteiger partial charge >= 0.3 is 5.97 Å². The van der Waals surface area contributed by atoms with Gasteiger partial charge in [0, 0.05) is 19.2 Å². The van der Waals surface area contributed by atoms with Crippen LogP contribution >= 0.6 is 11.8 Å². The molecule has 0 saturated carbocycles. The third-order valence-electron chi connectivity index (χ3n) is 3.73. The second-order valence-corrected chi connectivity index (χ2v) is 6.62. The Morgan fingerprint density at radius 1 is 1.39 bits per heavy atom. The molecule has 1 atom stereocenters. The predicted molar refractivity (Wildman–Crippen MR) is 100 cm³/mol. The molecule has 1 N–H and O–H groups in total. The van der Waals surface area contributed by atoms with Crippen LogP contribution in [0.2, 0.25) is 0 Å². The summed E-state index contributed by atoms with van der Waals surface area (Å²) in [6, 6.07) is 4.17. The van der Waals surface area contributed by atoms with Gasteiger partial charge in [0.25, 0.3) is 11.1 Å². The molecule has 10 heteroatoms. The van der Waals surface area contributed by atoms with Gasteiger partial charge in [0.05, 0.1) is 12.9 Å². The fourth-order valence-electron chi connectivity index (χ4n) is 2.25. The van der Waals surface area contributed by atoms with E-state index in [0.29, 0.717) is 5.56 Å². The van der Waals surface area contributed by atoms with Crippen LogP contribution in [0.25, 0.3) is 6.08 Å². The average molecular weight is 410 g/mol. The van der Waals surface area contributed by atoms with Gasteiger partial charge in [-0.05, 0) is 30.7 Å². The number of hydrogen-bond acceptors (Lipinski definition) is 7. The topological polar surface area (TPSA) is 102 Å². The van der Waals surface area contributed by atoms with Crippen LogP contribution in [0.15, 0.2) is 24.3 Å². The molecule has 1 aromatic rings. The molecule has 2 rings (SSSR count). The molecule has 3 amide bonds. The molecule has 150 valence electrons. The van der Waals surface area contributed by atoms with Crippen molar-refractivity contribution in [3.63, 3.8) is 0 Å². The van der Waals surface area contributed by atoms with E-state index in [4.69, 9.17) is 9.47 Å². The quantitative estimate of drug-likeness (QED) is 0.513. The normalized spacial score (nSPS) is 15.0. The summed E-state index contributed by atoms with van der Waals surface area (Å²) in [5, 5.41) is 2.14. The standard InChI is InChI=1S/C18H19FN2O6S/c1-11(17(24)20-7-8-21-15(22)10-28-18(21)25)27-16(23)6-4-12-3-5-14(26-2)13(19)9-12/h3-6,9,11H,7-8,10H2,1-2H3,(H,20,24)/b6-4+/t11-/m1/s1. The number of hydrogen-bond donors (Lipinski definition) is 1. The number of methoxy groups -OCH3 is 1. The van der Waals surface area contributed by atoms with Crippen LogP contribution in [0.5, 0.6) is 5.75 Å². The molecule has 0 bridgehead atoms. The molecule has 1 fully saturated rings. The number of nitrogens with one attached hydrogen (secondary N) is 1. The number of rotatable bonds is 8. The average Bonchev–Trinajstić information content (AvgIpc) is 2.98. The number of amides is 3. The van der Waals surface area contributed by atoms with Crippen LogP contribution in [-0.2, 0) is 19.1 Å². The van der Waals surface area contributed by atoms with E-state index in [2.05, 4.69) is 5.32 Å². The molecule has 0 aromatic heterocycles. The molecule has 8 nitrogen and oxygen atoms in total. The van der Waals surface area contributed by atoms with E-state index in [9.17, 15) is 23.6 Å². The van der Waals surface area contributed by atoms with Gasteiger partial charge in [-0.25, -0.2) is 9.18 Å². The number of carbonyl (C=O) groups excluding carboxylic acids is 4. The van der Waals surface area contributed by atoms with Crippen molar-refractivity contribution in [1.29, 1.82) is 0 Å². The molecular weight excluding hydrogens is 391 g/mol. The first-order valence-corrected chi connectivity index (χ1v) is 9.27. The van der Waals surface area contributed by atoms with Gasteiger partial charge in [-0.15, -0.1) is 0 Å². The van der Waals surface area contributed by atoms with Crippen LogP contribution in [0, 0.1) is 5.82 Å². The summed E-state index contributed by atoms with van der Waals surface area (Å²) >= 11 is 0.911. The molecule has 1 saturated heterocycles. The van der Waals surface area contributed by atoms with Gasteiger partial charge in [0.15, 0.2) is 17.7 Å². The summed E-state index contributed by atoms with van der Waals surface area (Å²) < 4.78 is 23.4. The van der Waals surface area contributed by atoms with E-state index in [1.807, 2.05) is 0 Å². The molecule has 28 heavy (non-hydrogen) atoms. The van der Waals surface area contributed by atoms with E-state index in [1.54, 1.807) is 6.07 Å². The SMILES string of the molecule is COc1ccc(/C=C/C(=O)O[C@H](C)C(=O)NCCN2C(=O)CSC2=O)cc1F. The number of nitrogens with zero attached hydrogens (tertiary/aromatic N) is 1. The Hall–Kier alpha value is -2.88. The van der Waals surface area contributed by atoms with Crippen LogP contribution in [0.4, 0.5) is 9.18 Å². The fraction of sp³-hybridized carbons (Fsp3) is 0.333. The second kappa shape index (κ2) is 9.88. The highest BCUT2D eigenvalue weighted by Crippen LogP contribution is 2.19. The van der Waals surface area contributed by atoms with E-state index >= 15 is 0 Å². The van der Waals surface area contributed by atoms with Crippen molar-refractivity contribution in [3.8, 4) is 5.75 Å². The molecule has 1 aliphatic rings. The van der Waals surface area contributed by atoms with Crippen LogP contribution < -0.4 is 10.1 Å². The minimum Gasteiger partial charge on any atom is -0.494 e. The van der Waals surface area contributed by atoms with Crippen molar-refractivity contribution >= 4 is 40.9 Å². The fourth-order valence-corrected chi connectivity index (χ4v) is 3.00. The zero-order valence-corrected chi connectivity index (χ0v) is 16.1. The lowest BCUT2D eigenvalue weighted by molar-refractivity contribution is -0.150. The van der Waals surface area contributed by atoms with Crippen molar-refractivity contribution in [2.24, 2.45) is 0 Å². The van der Waals surface area contributed by atoms with Gasteiger partial charge in [-0.1, -0.05) is 17.8 Å². The number of esters is 1. The number of ether oxygens (including phenoxy) is 2. The largest absolute Gasteiger partial charge is 0.494 e. The summed E-state index contributed by atoms with van der Waals surface area (Å²) in [5.74, 6) is -2.03. The maximum Gasteiger partial charge on any atom is 0.331 e. The molecule has 0 radical (unpaired) electrons. The third-order valence-corrected chi connectivity index (χ3v) is 4.58. The van der Waals surface area contributed by atoms with Crippen molar-refractivity contribution in [3.05, 3.63) is 35.7 Å². The predicted octanol–water partition coefficient (Wildman–Crippen LogP) is 1.59. The molecule has 1 heterocycles. The van der Waals surface area contributed by atoms with Crippen molar-refractivity contribution in [2.45, 2.75) is 13.0 Å². The number of carbonyl (C=O) groups is 4. The Balaban J connectivity index is 1.77. The third kappa shape index (κ3) is 5.81. The Morgan fingerprint density at radius 2 is 2.14 bits per heavy atom. The van der Waals surface area contributed by atoms with E-state index in [-0.39, 0.29) is 35.7 Å². The molecular formula is C18H19FN2O6S. The minimum absolute atomic E-state index is 0.0553. The lowest BCUT2D eigenvalue weighted by Gasteiger charge is -2.15. The van der Waals surface area contributed by atoms with Gasteiger partial charge in [-0.3, -0.25) is 19.3 Å². The smallest absolute Gasteiger partial charge is 0.331 e. The van der Waals surface area contributed by atoms with Gasteiger partial charge in [-0.2, -0.15) is 0 Å². The molecule has 0 aliphatic carbocycles. The highest BCUT2D eigenvalue weighted by atomic mass is 32.2. The number of imide groups is 1. The first-order chi connectivity index (χ1) is 13.3. The van der Waals surface area contributed by atoms with Gasteiger partial charge in [0.1, 0.15) is 0 Å². The molecule has 0 unspecified atom stereocenters. The Morgan fingerprint density at radius 3 is 2.75 bits per heavy atom. The zero-order valence-electron chi connectivity index (χ0n) is 15.3. The van der Waals surface area contributed by atoms with E-state index < -0.39 is 23.8 Å². The van der Waals surface area contributed by atoms with E-state index in [1.165, 1.54) is 32.2 Å². The summed E-state index contributed by atoms with van der Waals surface area (Å²) in [6.45, 7) is 1.50. The maximum absolute atomic E-state index is 13.6. The van der Waals surface area contributed by atoms with Crippen molar-refractivity contribution in [2.75, 3.05) is 26.0 Å². The van der Waals surface area contributed by atoms with Crippen molar-refractivity contribution < 1.29 is 33.0 Å². The Bertz CT molecular complexity index is 797. The highest BCUT2D eigenvalue weighted by molar-refractivity contribution is 8.14. The molecule has 0 spiro atoms. The first kappa shape index (κ1) is 21.4. The first-order valence-electron chi connectivity index (χ1n) is 8.29. The zero-order chi connectivity index (χ0) is 20.7. The number of benzene rings is 1. The Kier molecular flexibility index (Phi) is 7.56. The second-order valence-electron chi connectivity index (χ2n) is 5.70. The summed E-state index contributed by atoms with van der Waals surface area (Å²) in [4.78, 5) is 47.7. The lowest BCUT2D eigenvalue weighted by atomic mass is 10.2. The summed E-state index contributed by atoms with van der Waals surface area (Å²) in [6.07, 6.45) is 1.34. The Labute approximate surface area is 165 Å². The summed E-state index contributed by atoms with van der Waals surface area (Å²) in [7, 11) is 1.34. The van der Waals surface area contributed by atoms with Gasteiger partial charge in [0.2, 0.25) is 5.91 Å². The lowest BCUT2D eigenvalue weighted by Crippen LogP contribution is -2.41. The van der Waals surface area contributed by atoms with Crippen LogP contribution in [0.3, 0.4) is 0 Å². The van der Waals surface area contributed by atoms with Gasteiger partial charge < -0.3 is 14.8 Å². The summed E-state index contributed by atoms with van der Waals surface area (Å²) in [5.41, 5.74) is 0.421. The monoisotopic (exact) mass is 410 g/mol. The van der Waals surface area contributed by atoms with Crippen LogP contribution in [-0.4, -0.2) is 60.0 Å². The van der Waals surface area contributed by atoms with E-state index in [0.717, 1.165) is 22.7 Å². The molecule has 1 aliphatic heterocycles. The highest BCUT2D eigenvalue weighted by Gasteiger charge is 2.29. The number of thioether (sulfide) groups is 1. The minimum atomic E-state index is -1.08. The van der Waals surface area contributed by atoms with Crippen molar-refractivity contribution in [1.82, 2.24) is 10.2 Å². The van der Waals surface area contributed by atoms with Crippen LogP contribution in [0.1, 0.15) is 12.5 Å². The maximum atomic E-state index is 13.6. The molecule has 1 aromatic carbocycles.